The average molecular weight is 386 g/mol. The number of hydrogen-bond donors (Lipinski definition) is 0. The molecule has 0 aliphatic carbocycles. The first-order valence-corrected chi connectivity index (χ1v) is 5.94. The standard InChI is InChI=1S/C6H12BO6P2.Cs/c1-8-15-11-4-6(5-12-15)2-9-7(13-14)10-3-6;/h14H,2-5H2,1H3;/q-1;+1. The molecule has 2 aliphatic heterocycles. The Morgan fingerprint density at radius 3 is 2.19 bits per heavy atom. The fraction of sp³-hybridized carbons (Fsp3) is 1.00. The molecule has 2 heterocycles. The Labute approximate surface area is 158 Å². The van der Waals surface area contributed by atoms with Crippen molar-refractivity contribution in [1.29, 1.82) is 0 Å². The van der Waals surface area contributed by atoms with E-state index in [2.05, 4.69) is 9.47 Å². The van der Waals surface area contributed by atoms with Crippen LogP contribution >= 0.6 is 18.1 Å². The minimum Gasteiger partial charge on any atom is -0.572 e. The van der Waals surface area contributed by atoms with E-state index in [4.69, 9.17) is 27.3 Å². The maximum absolute atomic E-state index is 5.40. The van der Waals surface area contributed by atoms with Crippen LogP contribution in [0.2, 0.25) is 0 Å². The van der Waals surface area contributed by atoms with Crippen LogP contribution in [-0.4, -0.2) is 40.9 Å². The molecule has 0 unspecified atom stereocenters. The summed E-state index contributed by atoms with van der Waals surface area (Å²) in [5.41, 5.74) is -0.237. The molecule has 0 radical (unpaired) electrons. The molecule has 0 bridgehead atoms. The smallest absolute Gasteiger partial charge is 0.572 e. The van der Waals surface area contributed by atoms with Gasteiger partial charge in [-0.15, -0.1) is 0 Å². The van der Waals surface area contributed by atoms with Crippen LogP contribution in [0.4, 0.5) is 0 Å². The van der Waals surface area contributed by atoms with Crippen LogP contribution in [-0.2, 0) is 27.3 Å². The Hall–Kier alpha value is 2.74. The van der Waals surface area contributed by atoms with Gasteiger partial charge in [0.15, 0.2) is 0 Å². The van der Waals surface area contributed by atoms with Crippen molar-refractivity contribution in [3.63, 3.8) is 0 Å². The molecule has 1 spiro atoms. The zero-order valence-electron chi connectivity index (χ0n) is 9.30. The third-order valence-corrected chi connectivity index (χ3v) is 3.42. The second-order valence-electron chi connectivity index (χ2n) is 3.48. The summed E-state index contributed by atoms with van der Waals surface area (Å²) in [6.45, 7) is 1.99. The van der Waals surface area contributed by atoms with E-state index in [0.717, 1.165) is 0 Å². The summed E-state index contributed by atoms with van der Waals surface area (Å²) in [5, 5.41) is 0. The Morgan fingerprint density at radius 1 is 1.19 bits per heavy atom. The van der Waals surface area contributed by atoms with Crippen molar-refractivity contribution in [2.45, 2.75) is 0 Å². The molecule has 0 aromatic carbocycles. The second-order valence-corrected chi connectivity index (χ2v) is 5.05. The predicted molar refractivity (Wildman–Crippen MR) is 55.3 cm³/mol. The van der Waals surface area contributed by atoms with Crippen molar-refractivity contribution < 1.29 is 96.2 Å². The molecular formula is C6H12BCsO6P2. The molecule has 6 nitrogen and oxygen atoms in total. The molecule has 2 fully saturated rings. The van der Waals surface area contributed by atoms with Gasteiger partial charge >= 0.3 is 84.8 Å². The first kappa shape index (κ1) is 16.8. The first-order valence-electron chi connectivity index (χ1n) is 4.44. The minimum atomic E-state index is -1.19. The predicted octanol–water partition coefficient (Wildman–Crippen LogP) is -2.00. The fourth-order valence-electron chi connectivity index (χ4n) is 1.38. The van der Waals surface area contributed by atoms with Crippen LogP contribution in [0.15, 0.2) is 0 Å². The second kappa shape index (κ2) is 8.12. The van der Waals surface area contributed by atoms with Gasteiger partial charge < -0.3 is 36.8 Å². The van der Waals surface area contributed by atoms with E-state index in [1.165, 1.54) is 0 Å². The maximum Gasteiger partial charge on any atom is 1.00 e. The van der Waals surface area contributed by atoms with Crippen molar-refractivity contribution >= 4 is 25.4 Å². The first-order chi connectivity index (χ1) is 7.28. The summed E-state index contributed by atoms with van der Waals surface area (Å²) in [6, 6.07) is 0. The Balaban J connectivity index is 0.00000128. The third kappa shape index (κ3) is 4.39. The molecule has 2 saturated heterocycles. The van der Waals surface area contributed by atoms with Crippen LogP contribution in [0, 0.1) is 5.41 Å². The topological polar surface area (TPSA) is 55.4 Å². The van der Waals surface area contributed by atoms with Crippen molar-refractivity contribution in [2.24, 2.45) is 5.41 Å². The summed E-state index contributed by atoms with van der Waals surface area (Å²) in [6.07, 6.45) is 0. The zero-order chi connectivity index (χ0) is 10.7. The zero-order valence-corrected chi connectivity index (χ0v) is 17.5. The van der Waals surface area contributed by atoms with Gasteiger partial charge in [0, 0.05) is 20.3 Å². The molecule has 10 heteroatoms. The van der Waals surface area contributed by atoms with Gasteiger partial charge in [0.1, 0.15) is 0 Å². The minimum absolute atomic E-state index is 0. The molecule has 86 valence electrons. The van der Waals surface area contributed by atoms with Crippen LogP contribution in [0.1, 0.15) is 0 Å². The van der Waals surface area contributed by atoms with Gasteiger partial charge in [-0.3, -0.25) is 0 Å². The number of rotatable bonds is 2. The molecule has 0 aromatic heterocycles. The van der Waals surface area contributed by atoms with Crippen LogP contribution < -0.4 is 68.9 Å². The van der Waals surface area contributed by atoms with Crippen molar-refractivity contribution in [1.82, 2.24) is 0 Å². The maximum atomic E-state index is 5.40. The molecule has 0 aromatic rings. The van der Waals surface area contributed by atoms with Gasteiger partial charge in [0.25, 0.3) is 0 Å². The van der Waals surface area contributed by atoms with E-state index in [1.807, 2.05) is 0 Å². The Morgan fingerprint density at radius 2 is 1.75 bits per heavy atom. The molecule has 2 aliphatic rings. The number of hydrogen-bond acceptors (Lipinski definition) is 6. The SMILES string of the molecule is COP1OCC2(COB(O[PH-])OC2)CO1.[Cs+]. The summed E-state index contributed by atoms with van der Waals surface area (Å²) in [5.74, 6) is 0. The van der Waals surface area contributed by atoms with E-state index < -0.39 is 15.9 Å². The average Bonchev–Trinajstić information content (AvgIpc) is 2.31. The van der Waals surface area contributed by atoms with E-state index in [-0.39, 0.29) is 74.3 Å². The molecule has 16 heavy (non-hydrogen) atoms. The van der Waals surface area contributed by atoms with Gasteiger partial charge in [-0.05, 0) is 0 Å². The van der Waals surface area contributed by atoms with Crippen LogP contribution in [0.3, 0.4) is 0 Å². The summed E-state index contributed by atoms with van der Waals surface area (Å²) in [4.78, 5) is 0. The monoisotopic (exact) mass is 386 g/mol. The molecule has 0 amide bonds. The van der Waals surface area contributed by atoms with E-state index >= 15 is 0 Å². The van der Waals surface area contributed by atoms with Crippen LogP contribution in [0.5, 0.6) is 0 Å². The third-order valence-electron chi connectivity index (χ3n) is 2.25. The van der Waals surface area contributed by atoms with Crippen molar-refractivity contribution in [2.75, 3.05) is 33.5 Å². The van der Waals surface area contributed by atoms with E-state index in [1.54, 1.807) is 7.11 Å². The van der Waals surface area contributed by atoms with Gasteiger partial charge in [-0.1, -0.05) is 0 Å². The van der Waals surface area contributed by atoms with Crippen molar-refractivity contribution in [3.8, 4) is 0 Å². The summed E-state index contributed by atoms with van der Waals surface area (Å²) < 4.78 is 31.1. The van der Waals surface area contributed by atoms with Crippen molar-refractivity contribution in [3.05, 3.63) is 0 Å². The molecular weight excluding hydrogens is 374 g/mol. The molecule has 0 atom stereocenters. The van der Waals surface area contributed by atoms with Gasteiger partial charge in [-0.2, -0.15) is 0 Å². The Bertz CT molecular complexity index is 184. The molecule has 0 saturated carbocycles. The normalized spacial score (nSPS) is 25.5. The largest absolute Gasteiger partial charge is 1.00 e. The molecule has 0 N–H and O–H groups in total. The molecule has 2 rings (SSSR count). The quantitative estimate of drug-likeness (QED) is 0.405. The van der Waals surface area contributed by atoms with E-state index in [9.17, 15) is 0 Å². The summed E-state index contributed by atoms with van der Waals surface area (Å²) in [7, 11) is 2.58. The van der Waals surface area contributed by atoms with Gasteiger partial charge in [-0.25, -0.2) is 0 Å². The van der Waals surface area contributed by atoms with Gasteiger partial charge in [0.05, 0.1) is 18.6 Å². The summed E-state index contributed by atoms with van der Waals surface area (Å²) >= 11 is 0. The van der Waals surface area contributed by atoms with Gasteiger partial charge in [0.2, 0.25) is 0 Å². The van der Waals surface area contributed by atoms with E-state index in [0.29, 0.717) is 26.4 Å². The fourth-order valence-corrected chi connectivity index (χ4v) is 2.56. The van der Waals surface area contributed by atoms with Crippen LogP contribution in [0.25, 0.3) is 0 Å². The Kier molecular flexibility index (Phi) is 8.52.